The zero-order valence-corrected chi connectivity index (χ0v) is 14.8. The van der Waals surface area contributed by atoms with Crippen LogP contribution < -0.4 is 5.56 Å². The van der Waals surface area contributed by atoms with Crippen LogP contribution in [0, 0.1) is 10.6 Å². The molecule has 1 aromatic heterocycles. The van der Waals surface area contributed by atoms with Crippen molar-refractivity contribution in [3.63, 3.8) is 0 Å². The molecule has 0 bridgehead atoms. The monoisotopic (exact) mass is 401 g/mol. The molecular weight excluding hydrogens is 389 g/mol. The molecular formula is C18H12FN3O5S. The fraction of sp³-hybridized carbons (Fsp3) is 0. The van der Waals surface area contributed by atoms with E-state index in [1.54, 1.807) is 0 Å². The van der Waals surface area contributed by atoms with Crippen molar-refractivity contribution in [2.24, 2.45) is 4.99 Å². The zero-order valence-electron chi connectivity index (χ0n) is 14.0. The summed E-state index contributed by atoms with van der Waals surface area (Å²) in [6.45, 7) is 0. The lowest BCUT2D eigenvalue weighted by Gasteiger charge is -2.11. The van der Waals surface area contributed by atoms with Crippen LogP contribution in [0.5, 0.6) is 11.6 Å². The molecule has 0 saturated carbocycles. The van der Waals surface area contributed by atoms with Crippen molar-refractivity contribution < 1.29 is 24.5 Å². The maximum atomic E-state index is 13.1. The van der Waals surface area contributed by atoms with Gasteiger partial charge in [0.25, 0.3) is 5.56 Å². The Morgan fingerprint density at radius 2 is 1.86 bits per heavy atom. The van der Waals surface area contributed by atoms with E-state index in [1.165, 1.54) is 24.3 Å². The molecule has 10 heteroatoms. The SMILES string of the molecule is O=C(O)c1ccc(N=Cc2c(O)n(-c3ccc(F)cc3)c(=S)[nH]c2=O)c(O)c1. The number of aliphatic imine (C=N–C) groups is 1. The lowest BCUT2D eigenvalue weighted by molar-refractivity contribution is 0.0696. The summed E-state index contributed by atoms with van der Waals surface area (Å²) in [4.78, 5) is 29.3. The Kier molecular flexibility index (Phi) is 5.05. The van der Waals surface area contributed by atoms with Gasteiger partial charge in [-0.1, -0.05) is 0 Å². The Morgan fingerprint density at radius 3 is 2.46 bits per heavy atom. The standard InChI is InChI=1S/C18H12FN3O5S/c19-10-2-4-11(5-3-10)22-16(25)12(15(24)21-18(22)28)8-20-13-6-1-9(17(26)27)7-14(13)23/h1-8,23,25H,(H,26,27)(H,21,24,28). The first-order valence-corrected chi connectivity index (χ1v) is 8.13. The summed E-state index contributed by atoms with van der Waals surface area (Å²) in [6, 6.07) is 8.53. The van der Waals surface area contributed by atoms with Gasteiger partial charge < -0.3 is 15.3 Å². The summed E-state index contributed by atoms with van der Waals surface area (Å²) in [7, 11) is 0. The average Bonchev–Trinajstić information content (AvgIpc) is 2.63. The summed E-state index contributed by atoms with van der Waals surface area (Å²) in [6.07, 6.45) is 0.998. The first-order valence-electron chi connectivity index (χ1n) is 7.72. The molecule has 142 valence electrons. The number of aromatic nitrogens is 2. The summed E-state index contributed by atoms with van der Waals surface area (Å²) in [5.41, 5.74) is -0.837. The first-order chi connectivity index (χ1) is 13.3. The molecule has 4 N–H and O–H groups in total. The summed E-state index contributed by atoms with van der Waals surface area (Å²) in [5.74, 6) is -2.66. The van der Waals surface area contributed by atoms with Gasteiger partial charge in [-0.25, -0.2) is 9.18 Å². The van der Waals surface area contributed by atoms with Gasteiger partial charge in [-0.2, -0.15) is 0 Å². The second-order valence-corrected chi connectivity index (χ2v) is 5.96. The van der Waals surface area contributed by atoms with Gasteiger partial charge in [0.05, 0.1) is 11.3 Å². The number of benzene rings is 2. The van der Waals surface area contributed by atoms with Crippen LogP contribution in [0.1, 0.15) is 15.9 Å². The van der Waals surface area contributed by atoms with Crippen LogP contribution in [0.15, 0.2) is 52.3 Å². The van der Waals surface area contributed by atoms with Crippen molar-refractivity contribution in [2.75, 3.05) is 0 Å². The van der Waals surface area contributed by atoms with E-state index < -0.39 is 29.0 Å². The first kappa shape index (κ1) is 19.0. The van der Waals surface area contributed by atoms with E-state index in [0.717, 1.165) is 29.0 Å². The van der Waals surface area contributed by atoms with Crippen molar-refractivity contribution in [2.45, 2.75) is 0 Å². The van der Waals surface area contributed by atoms with Crippen molar-refractivity contribution in [1.82, 2.24) is 9.55 Å². The zero-order chi connectivity index (χ0) is 20.4. The van der Waals surface area contributed by atoms with E-state index >= 15 is 0 Å². The maximum Gasteiger partial charge on any atom is 0.335 e. The average molecular weight is 401 g/mol. The van der Waals surface area contributed by atoms with Crippen molar-refractivity contribution in [1.29, 1.82) is 0 Å². The predicted molar refractivity (Wildman–Crippen MR) is 101 cm³/mol. The number of aromatic hydroxyl groups is 2. The highest BCUT2D eigenvalue weighted by Crippen LogP contribution is 2.27. The van der Waals surface area contributed by atoms with Gasteiger partial charge in [-0.15, -0.1) is 0 Å². The number of phenolic OH excluding ortho intramolecular Hbond substituents is 1. The number of nitrogens with one attached hydrogen (secondary N) is 1. The number of phenols is 1. The Labute approximate surface area is 161 Å². The number of hydrogen-bond donors (Lipinski definition) is 4. The van der Waals surface area contributed by atoms with Crippen LogP contribution >= 0.6 is 12.2 Å². The van der Waals surface area contributed by atoms with Crippen molar-refractivity contribution >= 4 is 30.1 Å². The molecule has 0 aliphatic carbocycles. The Hall–Kier alpha value is -3.79. The van der Waals surface area contributed by atoms with Crippen LogP contribution in [-0.4, -0.2) is 37.1 Å². The molecule has 0 unspecified atom stereocenters. The summed E-state index contributed by atoms with van der Waals surface area (Å²) >= 11 is 5.05. The molecule has 0 atom stereocenters. The smallest absolute Gasteiger partial charge is 0.335 e. The second kappa shape index (κ2) is 7.45. The van der Waals surface area contributed by atoms with Gasteiger partial charge in [-0.05, 0) is 54.7 Å². The van der Waals surface area contributed by atoms with Crippen molar-refractivity contribution in [3.8, 4) is 17.3 Å². The number of carboxylic acids is 1. The molecule has 0 saturated heterocycles. The minimum atomic E-state index is -1.22. The molecule has 0 radical (unpaired) electrons. The Bertz CT molecular complexity index is 1220. The number of nitrogens with zero attached hydrogens (tertiary/aromatic N) is 2. The van der Waals surface area contributed by atoms with Gasteiger partial charge in [0.1, 0.15) is 22.8 Å². The molecule has 0 aliphatic rings. The molecule has 28 heavy (non-hydrogen) atoms. The minimum absolute atomic E-state index is 0.0143. The number of aromatic carboxylic acids is 1. The van der Waals surface area contributed by atoms with E-state index in [0.29, 0.717) is 5.69 Å². The van der Waals surface area contributed by atoms with Gasteiger partial charge in [0.15, 0.2) is 4.77 Å². The quantitative estimate of drug-likeness (QED) is 0.393. The van der Waals surface area contributed by atoms with E-state index in [9.17, 15) is 24.2 Å². The van der Waals surface area contributed by atoms with Crippen LogP contribution in [0.25, 0.3) is 5.69 Å². The minimum Gasteiger partial charge on any atom is -0.506 e. The molecule has 2 aromatic carbocycles. The molecule has 3 rings (SSSR count). The number of hydrogen-bond acceptors (Lipinski definition) is 6. The highest BCUT2D eigenvalue weighted by atomic mass is 32.1. The number of rotatable bonds is 4. The molecule has 1 heterocycles. The van der Waals surface area contributed by atoms with Crippen LogP contribution in [0.3, 0.4) is 0 Å². The van der Waals surface area contributed by atoms with E-state index in [4.69, 9.17) is 17.3 Å². The highest BCUT2D eigenvalue weighted by molar-refractivity contribution is 7.71. The number of carboxylic acid groups (broad SMARTS) is 1. The Balaban J connectivity index is 2.08. The second-order valence-electron chi connectivity index (χ2n) is 5.58. The number of carbonyl (C=O) groups is 1. The highest BCUT2D eigenvalue weighted by Gasteiger charge is 2.13. The fourth-order valence-electron chi connectivity index (χ4n) is 2.38. The summed E-state index contributed by atoms with van der Waals surface area (Å²) in [5, 5.41) is 29.3. The van der Waals surface area contributed by atoms with Gasteiger partial charge >= 0.3 is 5.97 Å². The van der Waals surface area contributed by atoms with Crippen molar-refractivity contribution in [3.05, 3.63) is 74.5 Å². The molecule has 0 spiro atoms. The number of halogens is 1. The third kappa shape index (κ3) is 3.67. The Morgan fingerprint density at radius 1 is 1.18 bits per heavy atom. The third-order valence-electron chi connectivity index (χ3n) is 3.76. The van der Waals surface area contributed by atoms with Gasteiger partial charge in [-0.3, -0.25) is 19.3 Å². The molecule has 3 aromatic rings. The van der Waals surface area contributed by atoms with E-state index in [1.807, 2.05) is 0 Å². The molecule has 0 amide bonds. The molecule has 0 aliphatic heterocycles. The largest absolute Gasteiger partial charge is 0.506 e. The fourth-order valence-corrected chi connectivity index (χ4v) is 2.67. The predicted octanol–water partition coefficient (Wildman–Crippen LogP) is 2.89. The van der Waals surface area contributed by atoms with Gasteiger partial charge in [0.2, 0.25) is 5.88 Å². The van der Waals surface area contributed by atoms with Crippen LogP contribution in [0.2, 0.25) is 0 Å². The normalized spacial score (nSPS) is 11.0. The lowest BCUT2D eigenvalue weighted by atomic mass is 10.2. The topological polar surface area (TPSA) is 128 Å². The van der Waals surface area contributed by atoms with Crippen LogP contribution in [-0.2, 0) is 0 Å². The molecule has 0 fully saturated rings. The van der Waals surface area contributed by atoms with E-state index in [2.05, 4.69) is 9.98 Å². The molecule has 8 nitrogen and oxygen atoms in total. The van der Waals surface area contributed by atoms with E-state index in [-0.39, 0.29) is 21.6 Å². The third-order valence-corrected chi connectivity index (χ3v) is 4.05. The van der Waals surface area contributed by atoms with Gasteiger partial charge in [0, 0.05) is 6.21 Å². The number of aromatic amines is 1. The summed E-state index contributed by atoms with van der Waals surface area (Å²) < 4.78 is 14.1. The maximum absolute atomic E-state index is 13.1. The lowest BCUT2D eigenvalue weighted by Crippen LogP contribution is -2.18. The number of H-pyrrole nitrogens is 1. The van der Waals surface area contributed by atoms with Crippen LogP contribution in [0.4, 0.5) is 10.1 Å².